The molecule has 3 nitrogen and oxygen atoms in total. The minimum atomic E-state index is 0.0388. The minimum absolute atomic E-state index is 0.0388. The zero-order valence-corrected chi connectivity index (χ0v) is 16.2. The molecule has 0 aromatic heterocycles. The number of carbonyl (C=O) groups is 1. The van der Waals surface area contributed by atoms with Gasteiger partial charge in [0, 0.05) is 6.54 Å². The summed E-state index contributed by atoms with van der Waals surface area (Å²) in [5.41, 5.74) is 0. The van der Waals surface area contributed by atoms with Gasteiger partial charge in [0.2, 0.25) is 0 Å². The van der Waals surface area contributed by atoms with Gasteiger partial charge in [-0.2, -0.15) is 0 Å². The smallest absolute Gasteiger partial charge is 0.308 e. The van der Waals surface area contributed by atoms with Crippen LogP contribution >= 0.6 is 0 Å². The van der Waals surface area contributed by atoms with Gasteiger partial charge in [-0.25, -0.2) is 0 Å². The van der Waals surface area contributed by atoms with Crippen LogP contribution in [0, 0.1) is 5.92 Å². The summed E-state index contributed by atoms with van der Waals surface area (Å²) in [6, 6.07) is 0. The summed E-state index contributed by atoms with van der Waals surface area (Å²) < 4.78 is 5.49. The molecule has 0 fully saturated rings. The fourth-order valence-electron chi connectivity index (χ4n) is 2.82. The zero-order chi connectivity index (χ0) is 17.3. The van der Waals surface area contributed by atoms with Crippen LogP contribution in [0.1, 0.15) is 90.9 Å². The number of rotatable bonds is 16. The fraction of sp³-hybridized carbons (Fsp3) is 0.950. The van der Waals surface area contributed by atoms with Gasteiger partial charge in [0.05, 0.1) is 5.92 Å². The fourth-order valence-corrected chi connectivity index (χ4v) is 2.82. The van der Waals surface area contributed by atoms with Crippen molar-refractivity contribution in [1.82, 2.24) is 4.90 Å². The van der Waals surface area contributed by atoms with Crippen LogP contribution in [-0.2, 0) is 9.53 Å². The van der Waals surface area contributed by atoms with Gasteiger partial charge in [-0.15, -0.1) is 0 Å². The van der Waals surface area contributed by atoms with E-state index in [9.17, 15) is 4.79 Å². The van der Waals surface area contributed by atoms with E-state index in [0.29, 0.717) is 6.61 Å². The van der Waals surface area contributed by atoms with Gasteiger partial charge in [0.15, 0.2) is 0 Å². The van der Waals surface area contributed by atoms with Gasteiger partial charge < -0.3 is 9.64 Å². The van der Waals surface area contributed by atoms with Gasteiger partial charge in [0.1, 0.15) is 6.61 Å². The van der Waals surface area contributed by atoms with Crippen molar-refractivity contribution in [3.05, 3.63) is 0 Å². The lowest BCUT2D eigenvalue weighted by Crippen LogP contribution is -2.24. The van der Waals surface area contributed by atoms with Crippen LogP contribution in [0.4, 0.5) is 0 Å². The molecule has 0 bridgehead atoms. The molecule has 0 heterocycles. The minimum Gasteiger partial charge on any atom is -0.464 e. The van der Waals surface area contributed by atoms with Crippen molar-refractivity contribution in [2.45, 2.75) is 90.9 Å². The molecule has 3 heteroatoms. The van der Waals surface area contributed by atoms with Gasteiger partial charge in [-0.05, 0) is 26.9 Å². The summed E-state index contributed by atoms with van der Waals surface area (Å²) in [6.45, 7) is 5.80. The predicted octanol–water partition coefficient (Wildman–Crippen LogP) is 5.43. The Labute approximate surface area is 145 Å². The molecule has 0 radical (unpaired) electrons. The Bertz CT molecular complexity index is 266. The molecule has 0 amide bonds. The molecule has 23 heavy (non-hydrogen) atoms. The van der Waals surface area contributed by atoms with Crippen LogP contribution in [0.5, 0.6) is 0 Å². The van der Waals surface area contributed by atoms with E-state index >= 15 is 0 Å². The largest absolute Gasteiger partial charge is 0.464 e. The highest BCUT2D eigenvalue weighted by Gasteiger charge is 2.19. The Morgan fingerprint density at radius 2 is 1.30 bits per heavy atom. The average Bonchev–Trinajstić information content (AvgIpc) is 2.52. The molecule has 0 aliphatic carbocycles. The molecule has 0 aromatic carbocycles. The van der Waals surface area contributed by atoms with E-state index in [2.05, 4.69) is 18.7 Å². The SMILES string of the molecule is CCCCCCCCC(CCCCCC)C(=O)OCCN(C)C. The molecule has 0 rings (SSSR count). The van der Waals surface area contributed by atoms with Crippen LogP contribution in [0.2, 0.25) is 0 Å². The number of carbonyl (C=O) groups excluding carboxylic acids is 1. The summed E-state index contributed by atoms with van der Waals surface area (Å²) in [5.74, 6) is 0.164. The standard InChI is InChI=1S/C20H41NO2/c1-5-7-9-11-12-14-16-19(15-13-10-8-6-2)20(22)23-18-17-21(3)4/h19H,5-18H2,1-4H3. The van der Waals surface area contributed by atoms with Crippen molar-refractivity contribution in [3.63, 3.8) is 0 Å². The highest BCUT2D eigenvalue weighted by molar-refractivity contribution is 5.72. The Hall–Kier alpha value is -0.570. The van der Waals surface area contributed by atoms with E-state index in [4.69, 9.17) is 4.74 Å². The van der Waals surface area contributed by atoms with Crippen molar-refractivity contribution in [2.75, 3.05) is 27.2 Å². The molecule has 0 aliphatic rings. The van der Waals surface area contributed by atoms with Crippen molar-refractivity contribution in [1.29, 1.82) is 0 Å². The highest BCUT2D eigenvalue weighted by atomic mass is 16.5. The number of hydrogen-bond acceptors (Lipinski definition) is 3. The third-order valence-corrected chi connectivity index (χ3v) is 4.43. The Morgan fingerprint density at radius 3 is 1.83 bits per heavy atom. The van der Waals surface area contributed by atoms with Crippen LogP contribution in [0.3, 0.4) is 0 Å². The van der Waals surface area contributed by atoms with E-state index in [1.807, 2.05) is 14.1 Å². The Balaban J connectivity index is 4.02. The molecule has 138 valence electrons. The molecule has 1 atom stereocenters. The quantitative estimate of drug-likeness (QED) is 0.280. The summed E-state index contributed by atoms with van der Waals surface area (Å²) in [4.78, 5) is 14.4. The number of ether oxygens (including phenoxy) is 1. The lowest BCUT2D eigenvalue weighted by molar-refractivity contribution is -0.149. The van der Waals surface area contributed by atoms with Gasteiger partial charge in [-0.1, -0.05) is 78.1 Å². The molecule has 0 saturated heterocycles. The zero-order valence-electron chi connectivity index (χ0n) is 16.2. The number of nitrogens with zero attached hydrogens (tertiary/aromatic N) is 1. The first-order valence-electron chi connectivity index (χ1n) is 9.93. The van der Waals surface area contributed by atoms with E-state index in [-0.39, 0.29) is 11.9 Å². The second kappa shape index (κ2) is 16.3. The maximum absolute atomic E-state index is 12.3. The monoisotopic (exact) mass is 327 g/mol. The molecular formula is C20H41NO2. The first-order chi connectivity index (χ1) is 11.1. The third-order valence-electron chi connectivity index (χ3n) is 4.43. The lowest BCUT2D eigenvalue weighted by atomic mass is 9.94. The Kier molecular flexibility index (Phi) is 15.9. The maximum Gasteiger partial charge on any atom is 0.308 e. The van der Waals surface area contributed by atoms with Gasteiger partial charge in [-0.3, -0.25) is 4.79 Å². The van der Waals surface area contributed by atoms with E-state index in [1.54, 1.807) is 0 Å². The van der Waals surface area contributed by atoms with Crippen molar-refractivity contribution in [3.8, 4) is 0 Å². The molecule has 1 unspecified atom stereocenters. The predicted molar refractivity (Wildman–Crippen MR) is 99.8 cm³/mol. The van der Waals surface area contributed by atoms with Crippen molar-refractivity contribution >= 4 is 5.97 Å². The molecular weight excluding hydrogens is 286 g/mol. The number of unbranched alkanes of at least 4 members (excludes halogenated alkanes) is 8. The van der Waals surface area contributed by atoms with Gasteiger partial charge >= 0.3 is 5.97 Å². The second-order valence-corrected chi connectivity index (χ2v) is 7.07. The van der Waals surface area contributed by atoms with E-state index < -0.39 is 0 Å². The summed E-state index contributed by atoms with van der Waals surface area (Å²) in [6.07, 6.45) is 14.7. The van der Waals surface area contributed by atoms with E-state index in [1.165, 1.54) is 57.8 Å². The van der Waals surface area contributed by atoms with E-state index in [0.717, 1.165) is 25.8 Å². The van der Waals surface area contributed by atoms with Crippen LogP contribution in [-0.4, -0.2) is 38.1 Å². The number of likely N-dealkylation sites (N-methyl/N-ethyl adjacent to an activating group) is 1. The molecule has 0 N–H and O–H groups in total. The second-order valence-electron chi connectivity index (χ2n) is 7.07. The first-order valence-corrected chi connectivity index (χ1v) is 9.93. The highest BCUT2D eigenvalue weighted by Crippen LogP contribution is 2.20. The molecule has 0 aliphatic heterocycles. The number of esters is 1. The summed E-state index contributed by atoms with van der Waals surface area (Å²) in [7, 11) is 4.01. The summed E-state index contributed by atoms with van der Waals surface area (Å²) >= 11 is 0. The van der Waals surface area contributed by atoms with Crippen LogP contribution < -0.4 is 0 Å². The topological polar surface area (TPSA) is 29.5 Å². The summed E-state index contributed by atoms with van der Waals surface area (Å²) in [5, 5.41) is 0. The molecule has 0 saturated carbocycles. The number of hydrogen-bond donors (Lipinski definition) is 0. The van der Waals surface area contributed by atoms with Crippen LogP contribution in [0.25, 0.3) is 0 Å². The Morgan fingerprint density at radius 1 is 0.826 bits per heavy atom. The van der Waals surface area contributed by atoms with Gasteiger partial charge in [0.25, 0.3) is 0 Å². The lowest BCUT2D eigenvalue weighted by Gasteiger charge is -2.17. The maximum atomic E-state index is 12.3. The average molecular weight is 328 g/mol. The van der Waals surface area contributed by atoms with Crippen molar-refractivity contribution < 1.29 is 9.53 Å². The molecule has 0 spiro atoms. The molecule has 0 aromatic rings. The normalized spacial score (nSPS) is 12.6. The van der Waals surface area contributed by atoms with Crippen LogP contribution in [0.15, 0.2) is 0 Å². The van der Waals surface area contributed by atoms with Crippen molar-refractivity contribution in [2.24, 2.45) is 5.92 Å². The first kappa shape index (κ1) is 22.4. The third kappa shape index (κ3) is 14.7.